The molecule has 2 aromatic rings. The number of para-hydroxylation sites is 1. The lowest BCUT2D eigenvalue weighted by Gasteiger charge is -2.15. The molecule has 0 saturated carbocycles. The van der Waals surface area contributed by atoms with E-state index in [1.165, 1.54) is 49.5 Å². The molecule has 0 heterocycles. The molecule has 2 rings (SSSR count). The molecule has 0 aliphatic heterocycles. The maximum Gasteiger partial charge on any atom is 0.419 e. The van der Waals surface area contributed by atoms with Crippen LogP contribution < -0.4 is 14.8 Å². The molecule has 0 aliphatic carbocycles. The zero-order valence-electron chi connectivity index (χ0n) is 13.1. The van der Waals surface area contributed by atoms with Crippen molar-refractivity contribution in [1.82, 2.24) is 5.32 Å². The number of nitrogens with one attached hydrogen (secondary N) is 1. The van der Waals surface area contributed by atoms with Crippen molar-refractivity contribution in [2.24, 2.45) is 0 Å². The smallest absolute Gasteiger partial charge is 0.419 e. The molecule has 0 spiro atoms. The van der Waals surface area contributed by atoms with E-state index in [0.29, 0.717) is 5.75 Å². The molecule has 0 aromatic heterocycles. The van der Waals surface area contributed by atoms with E-state index < -0.39 is 17.8 Å². The van der Waals surface area contributed by atoms with Gasteiger partial charge in [0, 0.05) is 7.05 Å². The number of carbonyl (C=O) groups is 1. The molecular weight excluding hydrogens is 323 g/mol. The van der Waals surface area contributed by atoms with Crippen LogP contribution in [0.25, 0.3) is 0 Å². The predicted molar refractivity (Wildman–Crippen MR) is 82.1 cm³/mol. The van der Waals surface area contributed by atoms with Crippen LogP contribution in [-0.2, 0) is 11.0 Å². The first kappa shape index (κ1) is 17.7. The van der Waals surface area contributed by atoms with Gasteiger partial charge in [-0.1, -0.05) is 12.1 Å². The van der Waals surface area contributed by atoms with E-state index in [2.05, 4.69) is 5.32 Å². The minimum atomic E-state index is -4.50. The Hall–Kier alpha value is -2.70. The predicted octanol–water partition coefficient (Wildman–Crippen LogP) is 4.01. The fraction of sp³-hybridized carbons (Fsp3) is 0.235. The summed E-state index contributed by atoms with van der Waals surface area (Å²) < 4.78 is 49.5. The van der Waals surface area contributed by atoms with Crippen LogP contribution in [0.15, 0.2) is 48.5 Å². The van der Waals surface area contributed by atoms with Gasteiger partial charge in [0.05, 0.1) is 5.56 Å². The fourth-order valence-electron chi connectivity index (χ4n) is 1.96. The van der Waals surface area contributed by atoms with E-state index in [0.717, 1.165) is 6.07 Å². The number of ether oxygens (including phenoxy) is 2. The number of hydrogen-bond donors (Lipinski definition) is 1. The van der Waals surface area contributed by atoms with E-state index in [1.807, 2.05) is 0 Å². The summed E-state index contributed by atoms with van der Waals surface area (Å²) >= 11 is 0. The number of likely N-dealkylation sites (N-methyl/N-ethyl adjacent to an activating group) is 1. The van der Waals surface area contributed by atoms with Gasteiger partial charge in [-0.2, -0.15) is 13.2 Å². The molecule has 0 saturated heterocycles. The van der Waals surface area contributed by atoms with Crippen molar-refractivity contribution in [2.45, 2.75) is 19.2 Å². The third-order valence-electron chi connectivity index (χ3n) is 3.17. The molecule has 1 amide bonds. The monoisotopic (exact) mass is 339 g/mol. The Morgan fingerprint density at radius 2 is 1.62 bits per heavy atom. The highest BCUT2D eigenvalue weighted by Crippen LogP contribution is 2.38. The zero-order valence-corrected chi connectivity index (χ0v) is 13.1. The Labute approximate surface area is 137 Å². The molecule has 24 heavy (non-hydrogen) atoms. The molecule has 1 unspecified atom stereocenters. The van der Waals surface area contributed by atoms with Crippen LogP contribution in [0.5, 0.6) is 17.2 Å². The number of amides is 1. The van der Waals surface area contributed by atoms with Gasteiger partial charge in [0.1, 0.15) is 17.2 Å². The van der Waals surface area contributed by atoms with Crippen molar-refractivity contribution in [3.63, 3.8) is 0 Å². The average molecular weight is 339 g/mol. The second-order valence-corrected chi connectivity index (χ2v) is 4.94. The van der Waals surface area contributed by atoms with Crippen molar-refractivity contribution in [1.29, 1.82) is 0 Å². The summed E-state index contributed by atoms with van der Waals surface area (Å²) in [6.45, 7) is 1.59. The largest absolute Gasteiger partial charge is 0.481 e. The number of hydrogen-bond acceptors (Lipinski definition) is 3. The Morgan fingerprint density at radius 3 is 2.21 bits per heavy atom. The van der Waals surface area contributed by atoms with Gasteiger partial charge in [0.25, 0.3) is 5.91 Å². The summed E-state index contributed by atoms with van der Waals surface area (Å²) in [5.74, 6) is 0.0704. The molecule has 2 aromatic carbocycles. The fourth-order valence-corrected chi connectivity index (χ4v) is 1.96. The van der Waals surface area contributed by atoms with Gasteiger partial charge >= 0.3 is 6.18 Å². The summed E-state index contributed by atoms with van der Waals surface area (Å²) in [5, 5.41) is 2.45. The number of carbonyl (C=O) groups excluding carboxylic acids is 1. The van der Waals surface area contributed by atoms with Crippen molar-refractivity contribution in [3.8, 4) is 17.2 Å². The zero-order chi connectivity index (χ0) is 17.7. The summed E-state index contributed by atoms with van der Waals surface area (Å²) in [5.41, 5.74) is -0.849. The molecule has 4 nitrogen and oxygen atoms in total. The van der Waals surface area contributed by atoms with E-state index in [-0.39, 0.29) is 17.4 Å². The summed E-state index contributed by atoms with van der Waals surface area (Å²) in [6, 6.07) is 11.0. The average Bonchev–Trinajstić information content (AvgIpc) is 2.55. The summed E-state index contributed by atoms with van der Waals surface area (Å²) in [6.07, 6.45) is -5.18. The second kappa shape index (κ2) is 7.25. The van der Waals surface area contributed by atoms with E-state index in [4.69, 9.17) is 9.47 Å². The Bertz CT molecular complexity index is 699. The summed E-state index contributed by atoms with van der Waals surface area (Å²) in [7, 11) is 1.50. The first-order valence-corrected chi connectivity index (χ1v) is 7.13. The summed E-state index contributed by atoms with van der Waals surface area (Å²) in [4.78, 5) is 11.4. The Balaban J connectivity index is 2.12. The first-order chi connectivity index (χ1) is 11.3. The van der Waals surface area contributed by atoms with Crippen LogP contribution >= 0.6 is 0 Å². The molecule has 7 heteroatoms. The van der Waals surface area contributed by atoms with E-state index in [9.17, 15) is 18.0 Å². The lowest BCUT2D eigenvalue weighted by atomic mass is 10.2. The molecule has 0 radical (unpaired) electrons. The third kappa shape index (κ3) is 4.41. The third-order valence-corrected chi connectivity index (χ3v) is 3.17. The van der Waals surface area contributed by atoms with E-state index >= 15 is 0 Å². The molecule has 0 bridgehead atoms. The number of alkyl halides is 3. The lowest BCUT2D eigenvalue weighted by molar-refractivity contribution is -0.138. The molecule has 0 aliphatic rings. The highest BCUT2D eigenvalue weighted by molar-refractivity contribution is 5.80. The van der Waals surface area contributed by atoms with Crippen molar-refractivity contribution in [3.05, 3.63) is 54.1 Å². The Kier molecular flexibility index (Phi) is 5.33. The van der Waals surface area contributed by atoms with Crippen LogP contribution in [-0.4, -0.2) is 19.1 Å². The minimum Gasteiger partial charge on any atom is -0.481 e. The SMILES string of the molecule is CNC(=O)C(C)Oc1ccc(Oc2ccccc2C(F)(F)F)cc1. The number of rotatable bonds is 5. The van der Waals surface area contributed by atoms with Gasteiger partial charge in [-0.05, 0) is 43.3 Å². The van der Waals surface area contributed by atoms with Crippen molar-refractivity contribution in [2.75, 3.05) is 7.05 Å². The van der Waals surface area contributed by atoms with E-state index in [1.54, 1.807) is 6.92 Å². The van der Waals surface area contributed by atoms with Gasteiger partial charge in [0.15, 0.2) is 6.10 Å². The normalized spacial score (nSPS) is 12.4. The molecule has 1 N–H and O–H groups in total. The highest BCUT2D eigenvalue weighted by Gasteiger charge is 2.34. The quantitative estimate of drug-likeness (QED) is 0.895. The highest BCUT2D eigenvalue weighted by atomic mass is 19.4. The minimum absolute atomic E-state index is 0.228. The van der Waals surface area contributed by atoms with Gasteiger partial charge in [0.2, 0.25) is 0 Å². The van der Waals surface area contributed by atoms with Gasteiger partial charge in [-0.15, -0.1) is 0 Å². The van der Waals surface area contributed by atoms with Crippen LogP contribution in [0.3, 0.4) is 0 Å². The number of halogens is 3. The Morgan fingerprint density at radius 1 is 1.04 bits per heavy atom. The molecule has 1 atom stereocenters. The van der Waals surface area contributed by atoms with Crippen LogP contribution in [0.2, 0.25) is 0 Å². The standard InChI is InChI=1S/C17H16F3NO3/c1-11(16(22)21-2)23-12-7-9-13(10-8-12)24-15-6-4-3-5-14(15)17(18,19)20/h3-11H,1-2H3,(H,21,22). The van der Waals surface area contributed by atoms with Gasteiger partial charge < -0.3 is 14.8 Å². The topological polar surface area (TPSA) is 47.6 Å². The molecular formula is C17H16F3NO3. The molecule has 128 valence electrons. The maximum atomic E-state index is 12.9. The maximum absolute atomic E-state index is 12.9. The van der Waals surface area contributed by atoms with Crippen LogP contribution in [0.4, 0.5) is 13.2 Å². The lowest BCUT2D eigenvalue weighted by Crippen LogP contribution is -2.33. The van der Waals surface area contributed by atoms with Crippen LogP contribution in [0.1, 0.15) is 12.5 Å². The van der Waals surface area contributed by atoms with Gasteiger partial charge in [-0.25, -0.2) is 0 Å². The van der Waals surface area contributed by atoms with Crippen molar-refractivity contribution < 1.29 is 27.4 Å². The first-order valence-electron chi connectivity index (χ1n) is 7.13. The molecule has 0 fully saturated rings. The van der Waals surface area contributed by atoms with Crippen LogP contribution in [0, 0.1) is 0 Å². The van der Waals surface area contributed by atoms with Gasteiger partial charge in [-0.3, -0.25) is 4.79 Å². The second-order valence-electron chi connectivity index (χ2n) is 4.94. The van der Waals surface area contributed by atoms with Crippen molar-refractivity contribution >= 4 is 5.91 Å². The number of benzene rings is 2.